The molecule has 0 aromatic heterocycles. The Bertz CT molecular complexity index is 340. The number of nitrogens with zero attached hydrogens (tertiary/aromatic N) is 1. The van der Waals surface area contributed by atoms with Crippen LogP contribution in [0.25, 0.3) is 0 Å². The molecule has 0 aliphatic carbocycles. The Morgan fingerprint density at radius 2 is 2.08 bits per heavy atom. The van der Waals surface area contributed by atoms with Gasteiger partial charge in [-0.15, -0.1) is 0 Å². The molecule has 62 valence electrons. The molecule has 0 N–H and O–H groups in total. The molecule has 1 rings (SSSR count). The highest BCUT2D eigenvalue weighted by atomic mass is 35.5. The second-order valence-corrected chi connectivity index (χ2v) is 2.98. The molecule has 0 fully saturated rings. The van der Waals surface area contributed by atoms with E-state index >= 15 is 0 Å². The van der Waals surface area contributed by atoms with Crippen LogP contribution in [0.2, 0.25) is 5.02 Å². The fourth-order valence-electron chi connectivity index (χ4n) is 0.976. The van der Waals surface area contributed by atoms with Crippen LogP contribution in [0.15, 0.2) is 6.07 Å². The maximum absolute atomic E-state index is 12.9. The van der Waals surface area contributed by atoms with E-state index in [2.05, 4.69) is 0 Å². The predicted molar refractivity (Wildman–Crippen MR) is 45.6 cm³/mol. The lowest BCUT2D eigenvalue weighted by molar-refractivity contribution is 0.626. The average molecular weight is 184 g/mol. The number of rotatable bonds is 0. The molecule has 0 radical (unpaired) electrons. The van der Waals surface area contributed by atoms with E-state index in [0.29, 0.717) is 0 Å². The lowest BCUT2D eigenvalue weighted by Gasteiger charge is -2.04. The van der Waals surface area contributed by atoms with Crippen molar-refractivity contribution < 1.29 is 4.39 Å². The zero-order chi connectivity index (χ0) is 9.30. The topological polar surface area (TPSA) is 23.8 Å². The summed E-state index contributed by atoms with van der Waals surface area (Å²) in [4.78, 5) is 0. The van der Waals surface area contributed by atoms with Crippen molar-refractivity contribution in [3.63, 3.8) is 0 Å². The lowest BCUT2D eigenvalue weighted by atomic mass is 10.0. The molecule has 1 aromatic rings. The van der Waals surface area contributed by atoms with E-state index < -0.39 is 5.82 Å². The van der Waals surface area contributed by atoms with Crippen molar-refractivity contribution in [1.29, 1.82) is 5.26 Å². The molecule has 0 aliphatic heterocycles. The van der Waals surface area contributed by atoms with Gasteiger partial charge in [0.1, 0.15) is 11.9 Å². The fraction of sp³-hybridized carbons (Fsp3) is 0.222. The zero-order valence-corrected chi connectivity index (χ0v) is 7.54. The molecular formula is C9H7ClFN. The molecular weight excluding hydrogens is 177 g/mol. The van der Waals surface area contributed by atoms with E-state index in [4.69, 9.17) is 16.9 Å². The minimum atomic E-state index is -0.531. The summed E-state index contributed by atoms with van der Waals surface area (Å²) in [6.07, 6.45) is 0. The lowest BCUT2D eigenvalue weighted by Crippen LogP contribution is -1.92. The second kappa shape index (κ2) is 3.12. The molecule has 0 aliphatic rings. The van der Waals surface area contributed by atoms with Gasteiger partial charge in [0, 0.05) is 0 Å². The maximum Gasteiger partial charge on any atom is 0.143 e. The summed E-state index contributed by atoms with van der Waals surface area (Å²) < 4.78 is 12.9. The van der Waals surface area contributed by atoms with Gasteiger partial charge in [-0.25, -0.2) is 4.39 Å². The molecule has 1 nitrogen and oxygen atoms in total. The van der Waals surface area contributed by atoms with Crippen molar-refractivity contribution >= 4 is 11.6 Å². The van der Waals surface area contributed by atoms with Crippen LogP contribution in [0.1, 0.15) is 16.7 Å². The minimum absolute atomic E-state index is 0.0828. The van der Waals surface area contributed by atoms with Crippen LogP contribution in [0.4, 0.5) is 4.39 Å². The Morgan fingerprint density at radius 1 is 1.50 bits per heavy atom. The van der Waals surface area contributed by atoms with Crippen molar-refractivity contribution in [2.24, 2.45) is 0 Å². The molecule has 0 atom stereocenters. The Balaban J connectivity index is 3.56. The largest absolute Gasteiger partial charge is 0.205 e. The molecule has 1 aromatic carbocycles. The van der Waals surface area contributed by atoms with E-state index in [1.165, 1.54) is 6.07 Å². The summed E-state index contributed by atoms with van der Waals surface area (Å²) in [7, 11) is 0. The summed E-state index contributed by atoms with van der Waals surface area (Å²) in [5, 5.41) is 8.56. The smallest absolute Gasteiger partial charge is 0.143 e. The number of halogens is 2. The maximum atomic E-state index is 12.9. The number of hydrogen-bond acceptors (Lipinski definition) is 1. The Morgan fingerprint density at radius 3 is 2.58 bits per heavy atom. The van der Waals surface area contributed by atoms with E-state index in [1.807, 2.05) is 6.07 Å². The first-order valence-electron chi connectivity index (χ1n) is 3.43. The van der Waals surface area contributed by atoms with Gasteiger partial charge in [0.05, 0.1) is 10.6 Å². The third-order valence-corrected chi connectivity index (χ3v) is 2.22. The summed E-state index contributed by atoms with van der Waals surface area (Å²) in [5.41, 5.74) is 1.71. The number of benzene rings is 1. The number of aryl methyl sites for hydroxylation is 1. The monoisotopic (exact) mass is 183 g/mol. The van der Waals surface area contributed by atoms with Crippen LogP contribution in [-0.2, 0) is 0 Å². The van der Waals surface area contributed by atoms with Crippen LogP contribution >= 0.6 is 11.6 Å². The molecule has 12 heavy (non-hydrogen) atoms. The molecule has 0 bridgehead atoms. The summed E-state index contributed by atoms with van der Waals surface area (Å²) >= 11 is 5.57. The Hall–Kier alpha value is -1.07. The second-order valence-electron chi connectivity index (χ2n) is 2.60. The van der Waals surface area contributed by atoms with Gasteiger partial charge in [0.15, 0.2) is 0 Å². The standard InChI is InChI=1S/C9H7ClFN/c1-5-3-8(11)9(10)7(4-12)6(5)2/h3H,1-2H3. The van der Waals surface area contributed by atoms with Crippen LogP contribution in [0.3, 0.4) is 0 Å². The third-order valence-electron chi connectivity index (χ3n) is 1.85. The first kappa shape index (κ1) is 9.02. The highest BCUT2D eigenvalue weighted by Gasteiger charge is 2.10. The molecule has 3 heteroatoms. The first-order valence-corrected chi connectivity index (χ1v) is 3.81. The summed E-state index contributed by atoms with van der Waals surface area (Å²) in [6.45, 7) is 3.49. The molecule has 0 amide bonds. The third kappa shape index (κ3) is 1.28. The number of nitriles is 1. The average Bonchev–Trinajstić information content (AvgIpc) is 2.02. The predicted octanol–water partition coefficient (Wildman–Crippen LogP) is 2.97. The van der Waals surface area contributed by atoms with Gasteiger partial charge in [0.25, 0.3) is 0 Å². The quantitative estimate of drug-likeness (QED) is 0.607. The van der Waals surface area contributed by atoms with Crippen molar-refractivity contribution in [3.05, 3.63) is 33.6 Å². The Kier molecular flexibility index (Phi) is 2.35. The van der Waals surface area contributed by atoms with Gasteiger partial charge >= 0.3 is 0 Å². The fourth-order valence-corrected chi connectivity index (χ4v) is 1.21. The molecule has 0 saturated carbocycles. The van der Waals surface area contributed by atoms with Gasteiger partial charge in [-0.2, -0.15) is 5.26 Å². The van der Waals surface area contributed by atoms with Crippen LogP contribution < -0.4 is 0 Å². The zero-order valence-electron chi connectivity index (χ0n) is 6.78. The molecule has 0 heterocycles. The molecule has 0 unspecified atom stereocenters. The highest BCUT2D eigenvalue weighted by molar-refractivity contribution is 6.32. The SMILES string of the molecule is Cc1cc(F)c(Cl)c(C#N)c1C. The van der Waals surface area contributed by atoms with Crippen molar-refractivity contribution in [1.82, 2.24) is 0 Å². The Labute approximate surface area is 75.4 Å². The number of hydrogen-bond donors (Lipinski definition) is 0. The summed E-state index contributed by atoms with van der Waals surface area (Å²) in [6, 6.07) is 3.21. The van der Waals surface area contributed by atoms with Crippen molar-refractivity contribution in [2.45, 2.75) is 13.8 Å². The van der Waals surface area contributed by atoms with Gasteiger partial charge < -0.3 is 0 Å². The van der Waals surface area contributed by atoms with Crippen LogP contribution in [0, 0.1) is 31.0 Å². The van der Waals surface area contributed by atoms with Gasteiger partial charge in [-0.05, 0) is 31.0 Å². The normalized spacial score (nSPS) is 9.58. The van der Waals surface area contributed by atoms with Gasteiger partial charge in [-0.3, -0.25) is 0 Å². The van der Waals surface area contributed by atoms with E-state index in [0.717, 1.165) is 11.1 Å². The highest BCUT2D eigenvalue weighted by Crippen LogP contribution is 2.24. The summed E-state index contributed by atoms with van der Waals surface area (Å²) in [5.74, 6) is -0.531. The molecule has 0 spiro atoms. The van der Waals surface area contributed by atoms with E-state index in [9.17, 15) is 4.39 Å². The van der Waals surface area contributed by atoms with Gasteiger partial charge in [0.2, 0.25) is 0 Å². The van der Waals surface area contributed by atoms with Gasteiger partial charge in [-0.1, -0.05) is 11.6 Å². The van der Waals surface area contributed by atoms with Crippen LogP contribution in [-0.4, -0.2) is 0 Å². The van der Waals surface area contributed by atoms with Crippen molar-refractivity contribution in [3.8, 4) is 6.07 Å². The molecule has 0 saturated heterocycles. The van der Waals surface area contributed by atoms with E-state index in [-0.39, 0.29) is 10.6 Å². The minimum Gasteiger partial charge on any atom is -0.205 e. The first-order chi connectivity index (χ1) is 5.57. The van der Waals surface area contributed by atoms with Crippen LogP contribution in [0.5, 0.6) is 0 Å². The van der Waals surface area contributed by atoms with Crippen molar-refractivity contribution in [2.75, 3.05) is 0 Å². The van der Waals surface area contributed by atoms with E-state index in [1.54, 1.807) is 13.8 Å².